The fourth-order valence-electron chi connectivity index (χ4n) is 4.57. The molecule has 1 fully saturated rings. The van der Waals surface area contributed by atoms with E-state index in [0.717, 1.165) is 12.0 Å². The fourth-order valence-corrected chi connectivity index (χ4v) is 4.57. The van der Waals surface area contributed by atoms with E-state index in [0.29, 0.717) is 42.4 Å². The molecular weight excluding hydrogens is 498 g/mol. The summed E-state index contributed by atoms with van der Waals surface area (Å²) in [5.74, 6) is -0.194. The van der Waals surface area contributed by atoms with Gasteiger partial charge in [0.1, 0.15) is 17.5 Å². The molecule has 1 atom stereocenters. The lowest BCUT2D eigenvalue weighted by atomic mass is 10.1. The summed E-state index contributed by atoms with van der Waals surface area (Å²) >= 11 is 0. The number of carbonyl (C=O) groups excluding carboxylic acids is 2. The van der Waals surface area contributed by atoms with E-state index >= 15 is 0 Å². The van der Waals surface area contributed by atoms with E-state index < -0.39 is 18.1 Å². The Balaban J connectivity index is 1.56. The normalized spacial score (nSPS) is 15.0. The Bertz CT molecular complexity index is 1490. The maximum Gasteiger partial charge on any atom is 0.404 e. The van der Waals surface area contributed by atoms with Crippen LogP contribution in [-0.4, -0.2) is 45.7 Å². The topological polar surface area (TPSA) is 158 Å². The number of piperidine rings is 1. The summed E-state index contributed by atoms with van der Waals surface area (Å²) < 4.78 is 6.71. The Morgan fingerprint density at radius 3 is 2.44 bits per heavy atom. The van der Waals surface area contributed by atoms with Crippen molar-refractivity contribution in [2.45, 2.75) is 18.9 Å². The number of amides is 2. The Morgan fingerprint density at radius 2 is 1.74 bits per heavy atom. The number of rotatable bonds is 7. The van der Waals surface area contributed by atoms with E-state index in [-0.39, 0.29) is 16.9 Å². The molecule has 0 spiro atoms. The van der Waals surface area contributed by atoms with Crippen molar-refractivity contribution in [1.82, 2.24) is 14.5 Å². The first-order valence-electron chi connectivity index (χ1n) is 12.4. The van der Waals surface area contributed by atoms with Gasteiger partial charge in [-0.1, -0.05) is 48.5 Å². The molecule has 2 aromatic carbocycles. The van der Waals surface area contributed by atoms with Crippen molar-refractivity contribution in [3.8, 4) is 16.8 Å². The van der Waals surface area contributed by atoms with Gasteiger partial charge in [0, 0.05) is 30.2 Å². The number of hydrogen-bond acceptors (Lipinski definition) is 8. The van der Waals surface area contributed by atoms with Crippen LogP contribution in [0.3, 0.4) is 0 Å². The molecular formula is C28H27N7O4. The van der Waals surface area contributed by atoms with Crippen LogP contribution in [0.2, 0.25) is 0 Å². The Labute approximate surface area is 224 Å². The number of nitrogens with one attached hydrogen (secondary N) is 1. The van der Waals surface area contributed by atoms with Crippen molar-refractivity contribution in [3.05, 3.63) is 95.0 Å². The number of ether oxygens (including phenoxy) is 1. The second-order valence-corrected chi connectivity index (χ2v) is 9.09. The number of primary amides is 2. The third-order valence-corrected chi connectivity index (χ3v) is 6.38. The summed E-state index contributed by atoms with van der Waals surface area (Å²) in [6, 6.07) is 20.2. The highest BCUT2D eigenvalue weighted by Gasteiger charge is 2.25. The zero-order valence-electron chi connectivity index (χ0n) is 21.0. The van der Waals surface area contributed by atoms with Gasteiger partial charge in [0.25, 0.3) is 11.5 Å². The summed E-state index contributed by atoms with van der Waals surface area (Å²) in [5.41, 5.74) is 13.1. The zero-order chi connectivity index (χ0) is 27.4. The minimum Gasteiger partial charge on any atom is -0.445 e. The average molecular weight is 526 g/mol. The Morgan fingerprint density at radius 1 is 1.03 bits per heavy atom. The number of para-hydroxylation sites is 1. The third-order valence-electron chi connectivity index (χ3n) is 6.38. The van der Waals surface area contributed by atoms with Crippen LogP contribution in [0.4, 0.5) is 22.2 Å². The van der Waals surface area contributed by atoms with Crippen molar-refractivity contribution >= 4 is 29.5 Å². The second-order valence-electron chi connectivity index (χ2n) is 9.09. The molecule has 198 valence electrons. The summed E-state index contributed by atoms with van der Waals surface area (Å²) in [7, 11) is 0. The van der Waals surface area contributed by atoms with E-state index in [2.05, 4.69) is 15.3 Å². The van der Waals surface area contributed by atoms with Gasteiger partial charge < -0.3 is 26.4 Å². The van der Waals surface area contributed by atoms with Crippen LogP contribution in [0.1, 0.15) is 23.2 Å². The number of pyridine rings is 1. The van der Waals surface area contributed by atoms with E-state index in [1.165, 1.54) is 10.8 Å². The van der Waals surface area contributed by atoms with Crippen LogP contribution < -0.4 is 27.2 Å². The monoisotopic (exact) mass is 525 g/mol. The average Bonchev–Trinajstić information content (AvgIpc) is 2.94. The van der Waals surface area contributed by atoms with Crippen molar-refractivity contribution in [2.24, 2.45) is 11.5 Å². The van der Waals surface area contributed by atoms with Gasteiger partial charge in [-0.25, -0.2) is 9.78 Å². The molecule has 0 bridgehead atoms. The van der Waals surface area contributed by atoms with Crippen LogP contribution in [-0.2, 0) is 4.74 Å². The minimum absolute atomic E-state index is 0.0828. The molecule has 1 unspecified atom stereocenters. The number of aromatic nitrogens is 3. The quantitative estimate of drug-likeness (QED) is 0.332. The minimum atomic E-state index is -0.836. The second kappa shape index (κ2) is 11.1. The van der Waals surface area contributed by atoms with Gasteiger partial charge in [-0.15, -0.1) is 0 Å². The SMILES string of the molecule is NC(=O)OC1CCCN(c2ncc(C(N)=O)c(Nc3cc(-c4ccccc4)c(=O)n(-c4ccccc4)c3)n2)C1. The van der Waals surface area contributed by atoms with E-state index in [9.17, 15) is 14.4 Å². The predicted octanol–water partition coefficient (Wildman–Crippen LogP) is 3.20. The molecule has 0 radical (unpaired) electrons. The van der Waals surface area contributed by atoms with Crippen LogP contribution >= 0.6 is 0 Å². The highest BCUT2D eigenvalue weighted by molar-refractivity contribution is 5.98. The number of nitrogens with zero attached hydrogens (tertiary/aromatic N) is 4. The predicted molar refractivity (Wildman–Crippen MR) is 147 cm³/mol. The highest BCUT2D eigenvalue weighted by Crippen LogP contribution is 2.26. The lowest BCUT2D eigenvalue weighted by molar-refractivity contribution is 0.0959. The lowest BCUT2D eigenvalue weighted by Crippen LogP contribution is -2.42. The largest absolute Gasteiger partial charge is 0.445 e. The molecule has 5 N–H and O–H groups in total. The number of hydrogen-bond donors (Lipinski definition) is 3. The molecule has 3 heterocycles. The number of nitrogens with two attached hydrogens (primary N) is 2. The van der Waals surface area contributed by atoms with Crippen LogP contribution in [0.15, 0.2) is 83.9 Å². The Kier molecular flexibility index (Phi) is 7.21. The summed E-state index contributed by atoms with van der Waals surface area (Å²) in [5, 5.41) is 3.18. The van der Waals surface area contributed by atoms with Crippen molar-refractivity contribution in [3.63, 3.8) is 0 Å². The van der Waals surface area contributed by atoms with Gasteiger partial charge in [-0.05, 0) is 36.6 Å². The molecule has 1 saturated heterocycles. The van der Waals surface area contributed by atoms with E-state index in [1.54, 1.807) is 12.3 Å². The van der Waals surface area contributed by atoms with Crippen molar-refractivity contribution in [2.75, 3.05) is 23.3 Å². The van der Waals surface area contributed by atoms with Gasteiger partial charge in [0.05, 0.1) is 12.2 Å². The molecule has 5 rings (SSSR count). The number of anilines is 3. The number of benzene rings is 2. The van der Waals surface area contributed by atoms with Gasteiger partial charge >= 0.3 is 6.09 Å². The van der Waals surface area contributed by atoms with Gasteiger partial charge in [-0.2, -0.15) is 4.98 Å². The van der Waals surface area contributed by atoms with Gasteiger partial charge in [-0.3, -0.25) is 14.2 Å². The zero-order valence-corrected chi connectivity index (χ0v) is 21.0. The van der Waals surface area contributed by atoms with E-state index in [4.69, 9.17) is 16.2 Å². The molecule has 2 amide bonds. The molecule has 11 nitrogen and oxygen atoms in total. The van der Waals surface area contributed by atoms with Crippen molar-refractivity contribution < 1.29 is 14.3 Å². The van der Waals surface area contributed by atoms with Gasteiger partial charge in [0.2, 0.25) is 5.95 Å². The molecule has 11 heteroatoms. The summed E-state index contributed by atoms with van der Waals surface area (Å²) in [4.78, 5) is 47.8. The summed E-state index contributed by atoms with van der Waals surface area (Å²) in [6.45, 7) is 0.986. The third kappa shape index (κ3) is 5.72. The van der Waals surface area contributed by atoms with Crippen molar-refractivity contribution in [1.29, 1.82) is 0 Å². The lowest BCUT2D eigenvalue weighted by Gasteiger charge is -2.32. The maximum atomic E-state index is 13.5. The summed E-state index contributed by atoms with van der Waals surface area (Å²) in [6.07, 6.45) is 3.19. The number of carbonyl (C=O) groups is 2. The molecule has 1 aliphatic rings. The smallest absolute Gasteiger partial charge is 0.404 e. The highest BCUT2D eigenvalue weighted by atomic mass is 16.6. The first-order chi connectivity index (χ1) is 18.9. The standard InChI is InChI=1S/C28H27N7O4/c29-24(36)23-15-31-28(34-13-7-12-21(17-34)39-27(30)38)33-25(23)32-19-14-22(18-8-3-1-4-9-18)26(37)35(16-19)20-10-5-2-6-11-20/h1-6,8-11,14-16,21H,7,12-13,17H2,(H2,29,36)(H2,30,38)(H,31,32,33). The van der Waals surface area contributed by atoms with Gasteiger partial charge in [0.15, 0.2) is 0 Å². The molecule has 2 aromatic heterocycles. The Hall–Kier alpha value is -5.19. The van der Waals surface area contributed by atoms with E-state index in [1.807, 2.05) is 65.6 Å². The maximum absolute atomic E-state index is 13.5. The first kappa shape index (κ1) is 25.5. The molecule has 39 heavy (non-hydrogen) atoms. The fraction of sp³-hybridized carbons (Fsp3) is 0.179. The van der Waals surface area contributed by atoms with Crippen LogP contribution in [0.25, 0.3) is 16.8 Å². The molecule has 0 saturated carbocycles. The molecule has 4 aromatic rings. The molecule has 1 aliphatic heterocycles. The first-order valence-corrected chi connectivity index (χ1v) is 12.4. The molecule has 0 aliphatic carbocycles. The van der Waals surface area contributed by atoms with Crippen LogP contribution in [0, 0.1) is 0 Å². The van der Waals surface area contributed by atoms with Crippen LogP contribution in [0.5, 0.6) is 0 Å².